The van der Waals surface area contributed by atoms with Crippen LogP contribution in [0.3, 0.4) is 0 Å². The molecule has 1 aromatic heterocycles. The highest BCUT2D eigenvalue weighted by molar-refractivity contribution is 5.80. The van der Waals surface area contributed by atoms with Gasteiger partial charge in [-0.15, -0.1) is 0 Å². The predicted octanol–water partition coefficient (Wildman–Crippen LogP) is 1.55. The summed E-state index contributed by atoms with van der Waals surface area (Å²) >= 11 is 0. The number of aromatic nitrogens is 2. The van der Waals surface area contributed by atoms with Crippen molar-refractivity contribution in [3.05, 3.63) is 34.2 Å². The molecule has 2 aromatic rings. The fourth-order valence-corrected chi connectivity index (χ4v) is 3.59. The largest absolute Gasteiger partial charge is 0.330 e. The maximum Gasteiger partial charge on any atom is 0.329 e. The molecule has 0 saturated carbocycles. The lowest BCUT2D eigenvalue weighted by Gasteiger charge is -2.24. The summed E-state index contributed by atoms with van der Waals surface area (Å²) < 4.78 is 3.82. The van der Waals surface area contributed by atoms with Crippen molar-refractivity contribution >= 4 is 11.0 Å². The SMILES string of the molecule is Cn1c(=O)n(C2CCCNC2)c2cccc(CCCCN)c21. The molecule has 1 fully saturated rings. The number of hydrogen-bond acceptors (Lipinski definition) is 3. The second-order valence-corrected chi connectivity index (χ2v) is 6.24. The third-order valence-electron chi connectivity index (χ3n) is 4.72. The molecule has 0 bridgehead atoms. The smallest absolute Gasteiger partial charge is 0.329 e. The molecule has 0 radical (unpaired) electrons. The van der Waals surface area contributed by atoms with Gasteiger partial charge in [-0.3, -0.25) is 9.13 Å². The third kappa shape index (κ3) is 2.71. The fourth-order valence-electron chi connectivity index (χ4n) is 3.59. The molecule has 0 spiro atoms. The van der Waals surface area contributed by atoms with Crippen LogP contribution in [0.4, 0.5) is 0 Å². The van der Waals surface area contributed by atoms with E-state index in [0.717, 1.165) is 62.8 Å². The van der Waals surface area contributed by atoms with E-state index in [-0.39, 0.29) is 11.7 Å². The minimum atomic E-state index is 0.106. The Balaban J connectivity index is 2.05. The zero-order valence-corrected chi connectivity index (χ0v) is 13.3. The Kier molecular flexibility index (Phi) is 4.64. The molecule has 1 saturated heterocycles. The molecule has 1 aliphatic rings. The van der Waals surface area contributed by atoms with Crippen LogP contribution in [0.1, 0.15) is 37.3 Å². The summed E-state index contributed by atoms with van der Waals surface area (Å²) in [6.45, 7) is 2.67. The summed E-state index contributed by atoms with van der Waals surface area (Å²) in [7, 11) is 1.89. The van der Waals surface area contributed by atoms with Crippen molar-refractivity contribution in [2.45, 2.75) is 38.1 Å². The van der Waals surface area contributed by atoms with Crippen LogP contribution in [0.25, 0.3) is 11.0 Å². The summed E-state index contributed by atoms with van der Waals surface area (Å²) in [5, 5.41) is 3.41. The molecule has 3 rings (SSSR count). The number of benzene rings is 1. The standard InChI is InChI=1S/C17H26N4O/c1-20-16-13(6-2-3-10-18)7-4-9-15(16)21(17(20)22)14-8-5-11-19-12-14/h4,7,9,14,19H,2-3,5-6,8,10-12,18H2,1H3. The van der Waals surface area contributed by atoms with Gasteiger partial charge in [0.25, 0.3) is 0 Å². The van der Waals surface area contributed by atoms with Crippen LogP contribution in [-0.4, -0.2) is 28.8 Å². The minimum Gasteiger partial charge on any atom is -0.330 e. The van der Waals surface area contributed by atoms with Gasteiger partial charge in [-0.1, -0.05) is 12.1 Å². The van der Waals surface area contributed by atoms with E-state index in [1.165, 1.54) is 5.56 Å². The van der Waals surface area contributed by atoms with Crippen molar-refractivity contribution in [2.75, 3.05) is 19.6 Å². The van der Waals surface area contributed by atoms with Crippen molar-refractivity contribution in [1.82, 2.24) is 14.5 Å². The highest BCUT2D eigenvalue weighted by Crippen LogP contribution is 2.24. The lowest BCUT2D eigenvalue weighted by Crippen LogP contribution is -2.36. The van der Waals surface area contributed by atoms with E-state index >= 15 is 0 Å². The third-order valence-corrected chi connectivity index (χ3v) is 4.72. The monoisotopic (exact) mass is 302 g/mol. The van der Waals surface area contributed by atoms with E-state index in [9.17, 15) is 4.79 Å². The Bertz CT molecular complexity index is 694. The quantitative estimate of drug-likeness (QED) is 0.824. The number of rotatable bonds is 5. The lowest BCUT2D eigenvalue weighted by molar-refractivity contribution is 0.369. The van der Waals surface area contributed by atoms with Crippen LogP contribution in [-0.2, 0) is 13.5 Å². The van der Waals surface area contributed by atoms with Gasteiger partial charge in [0.1, 0.15) is 0 Å². The molecule has 0 amide bonds. The first-order valence-corrected chi connectivity index (χ1v) is 8.33. The Labute approximate surface area is 131 Å². The van der Waals surface area contributed by atoms with Crippen LogP contribution in [0.5, 0.6) is 0 Å². The number of fused-ring (bicyclic) bond motifs is 1. The van der Waals surface area contributed by atoms with Gasteiger partial charge >= 0.3 is 5.69 Å². The number of nitrogens with two attached hydrogens (primary N) is 1. The summed E-state index contributed by atoms with van der Waals surface area (Å²) in [6, 6.07) is 6.57. The molecule has 5 nitrogen and oxygen atoms in total. The Morgan fingerprint density at radius 2 is 2.23 bits per heavy atom. The van der Waals surface area contributed by atoms with E-state index in [2.05, 4.69) is 23.5 Å². The Morgan fingerprint density at radius 1 is 1.36 bits per heavy atom. The molecule has 2 heterocycles. The van der Waals surface area contributed by atoms with Gasteiger partial charge in [-0.05, 0) is 56.8 Å². The van der Waals surface area contributed by atoms with Gasteiger partial charge in [-0.25, -0.2) is 4.79 Å². The molecule has 22 heavy (non-hydrogen) atoms. The summed E-state index contributed by atoms with van der Waals surface area (Å²) in [5.74, 6) is 0. The Hall–Kier alpha value is -1.59. The maximum atomic E-state index is 12.7. The van der Waals surface area contributed by atoms with Gasteiger partial charge in [0.05, 0.1) is 17.1 Å². The normalized spacial score (nSPS) is 18.9. The summed E-state index contributed by atoms with van der Waals surface area (Å²) in [5.41, 5.74) is 9.13. The minimum absolute atomic E-state index is 0.106. The fraction of sp³-hybridized carbons (Fsp3) is 0.588. The number of unbranched alkanes of at least 4 members (excludes halogenated alkanes) is 1. The molecule has 5 heteroatoms. The van der Waals surface area contributed by atoms with E-state index in [1.54, 1.807) is 0 Å². The molecule has 0 aliphatic carbocycles. The molecule has 1 aliphatic heterocycles. The number of piperidine rings is 1. The molecule has 120 valence electrons. The number of para-hydroxylation sites is 1. The average Bonchev–Trinajstić information content (AvgIpc) is 2.81. The number of nitrogens with zero attached hydrogens (tertiary/aromatic N) is 2. The lowest BCUT2D eigenvalue weighted by atomic mass is 10.0. The molecule has 1 unspecified atom stereocenters. The topological polar surface area (TPSA) is 65.0 Å². The summed E-state index contributed by atoms with van der Waals surface area (Å²) in [4.78, 5) is 12.7. The van der Waals surface area contributed by atoms with Crippen molar-refractivity contribution in [1.29, 1.82) is 0 Å². The van der Waals surface area contributed by atoms with E-state index in [1.807, 2.05) is 16.2 Å². The van der Waals surface area contributed by atoms with Gasteiger partial charge in [0.2, 0.25) is 0 Å². The van der Waals surface area contributed by atoms with Crippen LogP contribution >= 0.6 is 0 Å². The maximum absolute atomic E-state index is 12.7. The first-order valence-electron chi connectivity index (χ1n) is 8.33. The Morgan fingerprint density at radius 3 is 2.95 bits per heavy atom. The van der Waals surface area contributed by atoms with Crippen LogP contribution < -0.4 is 16.7 Å². The zero-order valence-electron chi connectivity index (χ0n) is 13.3. The van der Waals surface area contributed by atoms with Crippen molar-refractivity contribution in [3.63, 3.8) is 0 Å². The molecule has 1 atom stereocenters. The highest BCUT2D eigenvalue weighted by atomic mass is 16.1. The van der Waals surface area contributed by atoms with Gasteiger partial charge < -0.3 is 11.1 Å². The highest BCUT2D eigenvalue weighted by Gasteiger charge is 2.22. The molecular formula is C17H26N4O. The first kappa shape index (κ1) is 15.3. The average molecular weight is 302 g/mol. The van der Waals surface area contributed by atoms with Crippen molar-refractivity contribution < 1.29 is 0 Å². The van der Waals surface area contributed by atoms with Crippen molar-refractivity contribution in [3.8, 4) is 0 Å². The van der Waals surface area contributed by atoms with Crippen molar-refractivity contribution in [2.24, 2.45) is 12.8 Å². The second kappa shape index (κ2) is 6.67. The second-order valence-electron chi connectivity index (χ2n) is 6.24. The van der Waals surface area contributed by atoms with E-state index in [4.69, 9.17) is 5.73 Å². The summed E-state index contributed by atoms with van der Waals surface area (Å²) in [6.07, 6.45) is 5.28. The number of aryl methyl sites for hydroxylation is 2. The number of nitrogens with one attached hydrogen (secondary N) is 1. The van der Waals surface area contributed by atoms with Crippen LogP contribution in [0, 0.1) is 0 Å². The molecule has 3 N–H and O–H groups in total. The van der Waals surface area contributed by atoms with Crippen LogP contribution in [0.15, 0.2) is 23.0 Å². The van der Waals surface area contributed by atoms with E-state index in [0.29, 0.717) is 0 Å². The number of imidazole rings is 1. The van der Waals surface area contributed by atoms with Gasteiger partial charge in [0.15, 0.2) is 0 Å². The van der Waals surface area contributed by atoms with Gasteiger partial charge in [0, 0.05) is 13.6 Å². The molecule has 1 aromatic carbocycles. The van der Waals surface area contributed by atoms with Crippen LogP contribution in [0.2, 0.25) is 0 Å². The first-order chi connectivity index (χ1) is 10.7. The predicted molar refractivity (Wildman–Crippen MR) is 90.3 cm³/mol. The van der Waals surface area contributed by atoms with E-state index < -0.39 is 0 Å². The zero-order chi connectivity index (χ0) is 15.5. The number of hydrogen-bond donors (Lipinski definition) is 2. The van der Waals surface area contributed by atoms with Gasteiger partial charge in [-0.2, -0.15) is 0 Å². The molecular weight excluding hydrogens is 276 g/mol.